The Bertz CT molecular complexity index is 733. The van der Waals surface area contributed by atoms with E-state index in [1.54, 1.807) is 12.1 Å². The smallest absolute Gasteiger partial charge is 0.349 e. The Morgan fingerprint density at radius 2 is 1.88 bits per heavy atom. The van der Waals surface area contributed by atoms with E-state index >= 15 is 0 Å². The Labute approximate surface area is 148 Å². The number of halogens is 4. The summed E-state index contributed by atoms with van der Waals surface area (Å²) in [6.45, 7) is 1.32. The molecule has 0 bridgehead atoms. The summed E-state index contributed by atoms with van der Waals surface area (Å²) in [6, 6.07) is 8.21. The molecule has 1 amide bonds. The van der Waals surface area contributed by atoms with Gasteiger partial charge >= 0.3 is 6.18 Å². The summed E-state index contributed by atoms with van der Waals surface area (Å²) in [6.07, 6.45) is -2.94. The molecule has 0 atom stereocenters. The van der Waals surface area contributed by atoms with Gasteiger partial charge in [0.25, 0.3) is 0 Å². The maximum atomic E-state index is 12.7. The Kier molecular flexibility index (Phi) is 6.36. The van der Waals surface area contributed by atoms with Gasteiger partial charge in [0.05, 0.1) is 6.54 Å². The van der Waals surface area contributed by atoms with Crippen LogP contribution in [0.25, 0.3) is 0 Å². The van der Waals surface area contributed by atoms with E-state index in [-0.39, 0.29) is 30.4 Å². The van der Waals surface area contributed by atoms with Crippen LogP contribution < -0.4 is 5.32 Å². The number of nitrogens with one attached hydrogen (secondary N) is 1. The lowest BCUT2D eigenvalue weighted by molar-refractivity contribution is -0.141. The van der Waals surface area contributed by atoms with Gasteiger partial charge in [0.15, 0.2) is 0 Å². The standard InChI is InChI=1S/C17H17ClF3N3O/c1-11-9-14(17(19,20)21)24-15(23-11)10-22-16(25)4-2-3-12-5-7-13(18)8-6-12/h5-9H,2-4,10H2,1H3,(H,22,25). The van der Waals surface area contributed by atoms with E-state index in [2.05, 4.69) is 15.3 Å². The fraction of sp³-hybridized carbons (Fsp3) is 0.353. The molecule has 0 saturated carbocycles. The number of rotatable bonds is 6. The van der Waals surface area contributed by atoms with E-state index in [0.717, 1.165) is 11.6 Å². The Morgan fingerprint density at radius 3 is 2.52 bits per heavy atom. The highest BCUT2D eigenvalue weighted by molar-refractivity contribution is 6.30. The first kappa shape index (κ1) is 19.2. The first-order valence-corrected chi connectivity index (χ1v) is 8.05. The van der Waals surface area contributed by atoms with Crippen LogP contribution in [0.3, 0.4) is 0 Å². The van der Waals surface area contributed by atoms with Crippen LogP contribution in [0.15, 0.2) is 30.3 Å². The molecule has 8 heteroatoms. The molecule has 2 rings (SSSR count). The fourth-order valence-corrected chi connectivity index (χ4v) is 2.35. The van der Waals surface area contributed by atoms with Crippen molar-refractivity contribution in [3.8, 4) is 0 Å². The van der Waals surface area contributed by atoms with Crippen LogP contribution in [0.4, 0.5) is 13.2 Å². The van der Waals surface area contributed by atoms with Crippen LogP contribution in [0.5, 0.6) is 0 Å². The lowest BCUT2D eigenvalue weighted by Gasteiger charge is -2.09. The number of aromatic nitrogens is 2. The molecule has 1 heterocycles. The first-order valence-electron chi connectivity index (χ1n) is 7.67. The van der Waals surface area contributed by atoms with Crippen LogP contribution in [0, 0.1) is 6.92 Å². The lowest BCUT2D eigenvalue weighted by Crippen LogP contribution is -2.24. The van der Waals surface area contributed by atoms with Gasteiger partial charge in [-0.15, -0.1) is 0 Å². The first-order chi connectivity index (χ1) is 11.7. The highest BCUT2D eigenvalue weighted by atomic mass is 35.5. The summed E-state index contributed by atoms with van der Waals surface area (Å²) in [5.74, 6) is -0.314. The average molecular weight is 372 g/mol. The normalized spacial score (nSPS) is 11.4. The number of alkyl halides is 3. The van der Waals surface area contributed by atoms with Gasteiger partial charge in [-0.25, -0.2) is 9.97 Å². The molecule has 0 aliphatic carbocycles. The van der Waals surface area contributed by atoms with Crippen LogP contribution in [-0.2, 0) is 23.9 Å². The number of nitrogens with zero attached hydrogens (tertiary/aromatic N) is 2. The Morgan fingerprint density at radius 1 is 1.20 bits per heavy atom. The van der Waals surface area contributed by atoms with Gasteiger partial charge in [-0.1, -0.05) is 23.7 Å². The minimum atomic E-state index is -4.54. The zero-order chi connectivity index (χ0) is 18.4. The monoisotopic (exact) mass is 371 g/mol. The minimum absolute atomic E-state index is 0.0571. The van der Waals surface area contributed by atoms with Gasteiger partial charge in [-0.3, -0.25) is 4.79 Å². The van der Waals surface area contributed by atoms with Gasteiger partial charge in [-0.05, 0) is 43.5 Å². The molecule has 0 radical (unpaired) electrons. The molecule has 0 spiro atoms. The predicted octanol–water partition coefficient (Wildman–Crippen LogP) is 4.10. The molecule has 2 aromatic rings. The van der Waals surface area contributed by atoms with Crippen LogP contribution >= 0.6 is 11.6 Å². The number of hydrogen-bond donors (Lipinski definition) is 1. The summed E-state index contributed by atoms with van der Waals surface area (Å²) in [4.78, 5) is 19.2. The van der Waals surface area contributed by atoms with E-state index in [4.69, 9.17) is 11.6 Å². The van der Waals surface area contributed by atoms with Crippen molar-refractivity contribution in [2.24, 2.45) is 0 Å². The largest absolute Gasteiger partial charge is 0.433 e. The number of benzene rings is 1. The second-order valence-corrected chi connectivity index (χ2v) is 6.00. The molecule has 25 heavy (non-hydrogen) atoms. The SMILES string of the molecule is Cc1cc(C(F)(F)F)nc(CNC(=O)CCCc2ccc(Cl)cc2)n1. The van der Waals surface area contributed by atoms with Crippen LogP contribution in [-0.4, -0.2) is 15.9 Å². The molecule has 0 fully saturated rings. The second-order valence-electron chi connectivity index (χ2n) is 5.57. The number of aryl methyl sites for hydroxylation is 2. The highest BCUT2D eigenvalue weighted by Crippen LogP contribution is 2.27. The van der Waals surface area contributed by atoms with E-state index in [1.807, 2.05) is 12.1 Å². The Balaban J connectivity index is 1.81. The van der Waals surface area contributed by atoms with Crippen molar-refractivity contribution in [3.05, 3.63) is 58.1 Å². The molecule has 0 unspecified atom stereocenters. The molecule has 134 valence electrons. The zero-order valence-corrected chi connectivity index (χ0v) is 14.3. The van der Waals surface area contributed by atoms with Crippen molar-refractivity contribution in [1.82, 2.24) is 15.3 Å². The van der Waals surface area contributed by atoms with Crippen LogP contribution in [0.1, 0.15) is 35.6 Å². The molecule has 0 aliphatic heterocycles. The van der Waals surface area contributed by atoms with Crippen molar-refractivity contribution < 1.29 is 18.0 Å². The fourth-order valence-electron chi connectivity index (χ4n) is 2.22. The summed E-state index contributed by atoms with van der Waals surface area (Å²) in [5, 5.41) is 3.20. The molecule has 0 aliphatic rings. The lowest BCUT2D eigenvalue weighted by atomic mass is 10.1. The van der Waals surface area contributed by atoms with E-state index in [0.29, 0.717) is 17.9 Å². The molecular weight excluding hydrogens is 355 g/mol. The number of amides is 1. The molecule has 4 nitrogen and oxygen atoms in total. The quantitative estimate of drug-likeness (QED) is 0.831. The molecular formula is C17H17ClF3N3O. The second kappa shape index (κ2) is 8.29. The van der Waals surface area contributed by atoms with Gasteiger partial charge in [0.1, 0.15) is 11.5 Å². The minimum Gasteiger partial charge on any atom is -0.349 e. The van der Waals surface area contributed by atoms with Crippen molar-refractivity contribution in [2.75, 3.05) is 0 Å². The maximum Gasteiger partial charge on any atom is 0.433 e. The number of hydrogen-bond acceptors (Lipinski definition) is 3. The Hall–Kier alpha value is -2.15. The summed E-state index contributed by atoms with van der Waals surface area (Å²) in [7, 11) is 0. The van der Waals surface area contributed by atoms with Gasteiger partial charge in [0, 0.05) is 17.1 Å². The highest BCUT2D eigenvalue weighted by Gasteiger charge is 2.33. The van der Waals surface area contributed by atoms with E-state index in [1.165, 1.54) is 6.92 Å². The number of carbonyl (C=O) groups excluding carboxylic acids is 1. The number of carbonyl (C=O) groups is 1. The molecule has 1 aromatic heterocycles. The third kappa shape index (κ3) is 6.34. The third-order valence-corrected chi connectivity index (χ3v) is 3.67. The van der Waals surface area contributed by atoms with Crippen molar-refractivity contribution >= 4 is 17.5 Å². The van der Waals surface area contributed by atoms with E-state index < -0.39 is 11.9 Å². The van der Waals surface area contributed by atoms with Crippen molar-refractivity contribution in [3.63, 3.8) is 0 Å². The van der Waals surface area contributed by atoms with E-state index in [9.17, 15) is 18.0 Å². The third-order valence-electron chi connectivity index (χ3n) is 3.42. The maximum absolute atomic E-state index is 12.7. The predicted molar refractivity (Wildman–Crippen MR) is 88.0 cm³/mol. The summed E-state index contributed by atoms with van der Waals surface area (Å²) >= 11 is 5.80. The van der Waals surface area contributed by atoms with Crippen molar-refractivity contribution in [2.45, 2.75) is 38.9 Å². The molecule has 1 aromatic carbocycles. The zero-order valence-electron chi connectivity index (χ0n) is 13.5. The average Bonchev–Trinajstić information content (AvgIpc) is 2.53. The van der Waals surface area contributed by atoms with Gasteiger partial charge in [-0.2, -0.15) is 13.2 Å². The topological polar surface area (TPSA) is 54.9 Å². The van der Waals surface area contributed by atoms with Crippen molar-refractivity contribution in [1.29, 1.82) is 0 Å². The van der Waals surface area contributed by atoms with Gasteiger partial charge < -0.3 is 5.32 Å². The van der Waals surface area contributed by atoms with Crippen LogP contribution in [0.2, 0.25) is 5.02 Å². The molecule has 1 N–H and O–H groups in total. The van der Waals surface area contributed by atoms with Gasteiger partial charge in [0.2, 0.25) is 5.91 Å². The summed E-state index contributed by atoms with van der Waals surface area (Å²) < 4.78 is 38.1. The summed E-state index contributed by atoms with van der Waals surface area (Å²) in [5.41, 5.74) is 0.260. The molecule has 0 saturated heterocycles.